The van der Waals surface area contributed by atoms with Crippen molar-refractivity contribution in [3.8, 4) is 5.75 Å². The molecule has 1 amide bonds. The second-order valence-corrected chi connectivity index (χ2v) is 7.94. The summed E-state index contributed by atoms with van der Waals surface area (Å²) >= 11 is 0. The number of anilines is 1. The molecule has 0 aromatic heterocycles. The van der Waals surface area contributed by atoms with Crippen LogP contribution in [0.5, 0.6) is 5.75 Å². The smallest absolute Gasteiger partial charge is 0.227 e. The Labute approximate surface area is 156 Å². The van der Waals surface area contributed by atoms with Gasteiger partial charge < -0.3 is 15.8 Å². The van der Waals surface area contributed by atoms with Gasteiger partial charge in [0.2, 0.25) is 5.91 Å². The fourth-order valence-corrected chi connectivity index (χ4v) is 4.43. The maximum atomic E-state index is 12.8. The SMILES string of the molecule is Cl.NC1C2CCCC1CC(C(=O)Nc1ccccc1OCC1CC1)C2. The first-order chi connectivity index (χ1) is 11.7. The lowest BCUT2D eigenvalue weighted by molar-refractivity contribution is -0.122. The number of carbonyl (C=O) groups excluding carboxylic acids is 1. The molecule has 3 N–H and O–H groups in total. The number of rotatable bonds is 5. The molecule has 2 bridgehead atoms. The van der Waals surface area contributed by atoms with Gasteiger partial charge in [0.25, 0.3) is 0 Å². The summed E-state index contributed by atoms with van der Waals surface area (Å²) in [6.07, 6.45) is 8.04. The first kappa shape index (κ1) is 18.5. The lowest BCUT2D eigenvalue weighted by Gasteiger charge is -2.43. The average Bonchev–Trinajstić information content (AvgIpc) is 3.38. The van der Waals surface area contributed by atoms with E-state index >= 15 is 0 Å². The van der Waals surface area contributed by atoms with Gasteiger partial charge in [-0.3, -0.25) is 4.79 Å². The molecule has 4 nitrogen and oxygen atoms in total. The van der Waals surface area contributed by atoms with Crippen LogP contribution in [0, 0.1) is 23.7 Å². The van der Waals surface area contributed by atoms with Gasteiger partial charge in [-0.05, 0) is 68.4 Å². The molecule has 0 saturated heterocycles. The van der Waals surface area contributed by atoms with E-state index in [4.69, 9.17) is 10.5 Å². The molecule has 2 atom stereocenters. The number of ether oxygens (including phenoxy) is 1. The molecule has 1 aromatic carbocycles. The largest absolute Gasteiger partial charge is 0.491 e. The summed E-state index contributed by atoms with van der Waals surface area (Å²) < 4.78 is 5.91. The van der Waals surface area contributed by atoms with Crippen LogP contribution in [0.3, 0.4) is 0 Å². The Balaban J connectivity index is 0.00000182. The summed E-state index contributed by atoms with van der Waals surface area (Å²) in [5.41, 5.74) is 7.15. The number of nitrogens with one attached hydrogen (secondary N) is 1. The van der Waals surface area contributed by atoms with E-state index in [0.717, 1.165) is 30.9 Å². The van der Waals surface area contributed by atoms with Crippen LogP contribution in [0.1, 0.15) is 44.9 Å². The van der Waals surface area contributed by atoms with E-state index in [1.54, 1.807) is 0 Å². The number of amides is 1. The molecule has 138 valence electrons. The summed E-state index contributed by atoms with van der Waals surface area (Å²) in [6.45, 7) is 0.759. The van der Waals surface area contributed by atoms with E-state index in [1.165, 1.54) is 32.1 Å². The normalized spacial score (nSPS) is 30.9. The Morgan fingerprint density at radius 1 is 1.12 bits per heavy atom. The van der Waals surface area contributed by atoms with Crippen LogP contribution in [0.2, 0.25) is 0 Å². The lowest BCUT2D eigenvalue weighted by atomic mass is 9.65. The highest BCUT2D eigenvalue weighted by atomic mass is 35.5. The first-order valence-corrected chi connectivity index (χ1v) is 9.49. The van der Waals surface area contributed by atoms with Gasteiger partial charge in [-0.2, -0.15) is 0 Å². The highest BCUT2D eigenvalue weighted by Crippen LogP contribution is 2.42. The summed E-state index contributed by atoms with van der Waals surface area (Å²) in [4.78, 5) is 12.8. The Morgan fingerprint density at radius 3 is 2.48 bits per heavy atom. The molecule has 0 radical (unpaired) electrons. The van der Waals surface area contributed by atoms with Crippen molar-refractivity contribution >= 4 is 24.0 Å². The number of halogens is 1. The zero-order chi connectivity index (χ0) is 16.5. The van der Waals surface area contributed by atoms with Crippen molar-refractivity contribution < 1.29 is 9.53 Å². The van der Waals surface area contributed by atoms with Gasteiger partial charge in [-0.25, -0.2) is 0 Å². The molecule has 2 unspecified atom stereocenters. The third-order valence-corrected chi connectivity index (χ3v) is 6.10. The van der Waals surface area contributed by atoms with Crippen LogP contribution in [0.25, 0.3) is 0 Å². The number of hydrogen-bond donors (Lipinski definition) is 2. The van der Waals surface area contributed by atoms with Gasteiger partial charge in [0.15, 0.2) is 0 Å². The fraction of sp³-hybridized carbons (Fsp3) is 0.650. The Hall–Kier alpha value is -1.26. The second-order valence-electron chi connectivity index (χ2n) is 7.94. The van der Waals surface area contributed by atoms with Crippen LogP contribution in [-0.2, 0) is 4.79 Å². The maximum absolute atomic E-state index is 12.8. The van der Waals surface area contributed by atoms with E-state index in [1.807, 2.05) is 24.3 Å². The van der Waals surface area contributed by atoms with Crippen LogP contribution < -0.4 is 15.8 Å². The molecule has 0 aliphatic heterocycles. The second kappa shape index (κ2) is 7.96. The zero-order valence-corrected chi connectivity index (χ0v) is 15.5. The van der Waals surface area contributed by atoms with E-state index in [-0.39, 0.29) is 24.2 Å². The van der Waals surface area contributed by atoms with Crippen molar-refractivity contribution in [2.75, 3.05) is 11.9 Å². The van der Waals surface area contributed by atoms with Crippen molar-refractivity contribution in [2.24, 2.45) is 29.4 Å². The molecule has 3 aliphatic carbocycles. The third-order valence-electron chi connectivity index (χ3n) is 6.10. The van der Waals surface area contributed by atoms with E-state index in [2.05, 4.69) is 5.32 Å². The van der Waals surface area contributed by atoms with Crippen molar-refractivity contribution in [1.29, 1.82) is 0 Å². The molecule has 1 aromatic rings. The fourth-order valence-electron chi connectivity index (χ4n) is 4.43. The average molecular weight is 365 g/mol. The topological polar surface area (TPSA) is 64.4 Å². The minimum Gasteiger partial charge on any atom is -0.491 e. The molecular formula is C20H29ClN2O2. The van der Waals surface area contributed by atoms with Gasteiger partial charge >= 0.3 is 0 Å². The van der Waals surface area contributed by atoms with Crippen LogP contribution in [-0.4, -0.2) is 18.6 Å². The molecule has 3 saturated carbocycles. The van der Waals surface area contributed by atoms with Crippen LogP contribution in [0.15, 0.2) is 24.3 Å². The monoisotopic (exact) mass is 364 g/mol. The summed E-state index contributed by atoms with van der Waals surface area (Å²) in [6, 6.07) is 8.10. The number of para-hydroxylation sites is 2. The predicted molar refractivity (Wildman–Crippen MR) is 102 cm³/mol. The molecule has 0 spiro atoms. The number of carbonyl (C=O) groups is 1. The first-order valence-electron chi connectivity index (χ1n) is 9.49. The molecule has 3 aliphatic rings. The van der Waals surface area contributed by atoms with E-state index in [0.29, 0.717) is 23.8 Å². The van der Waals surface area contributed by atoms with Crippen LogP contribution in [0.4, 0.5) is 5.69 Å². The Bertz CT molecular complexity index is 591. The van der Waals surface area contributed by atoms with Crippen molar-refractivity contribution in [3.05, 3.63) is 24.3 Å². The Kier molecular flexibility index (Phi) is 5.90. The number of benzene rings is 1. The van der Waals surface area contributed by atoms with E-state index in [9.17, 15) is 4.79 Å². The van der Waals surface area contributed by atoms with Gasteiger partial charge in [0, 0.05) is 12.0 Å². The molecular weight excluding hydrogens is 336 g/mol. The molecule has 25 heavy (non-hydrogen) atoms. The van der Waals surface area contributed by atoms with E-state index < -0.39 is 0 Å². The quantitative estimate of drug-likeness (QED) is 0.830. The summed E-state index contributed by atoms with van der Waals surface area (Å²) in [5.74, 6) is 2.78. The molecule has 0 heterocycles. The molecule has 5 heteroatoms. The summed E-state index contributed by atoms with van der Waals surface area (Å²) in [5, 5.41) is 3.12. The maximum Gasteiger partial charge on any atom is 0.227 e. The highest BCUT2D eigenvalue weighted by molar-refractivity contribution is 5.94. The standard InChI is InChI=1S/C20H28N2O2.ClH/c21-19-14-4-3-5-15(19)11-16(10-14)20(23)22-17-6-1-2-7-18(17)24-12-13-8-9-13;/h1-2,6-7,13-16,19H,3-5,8-12,21H2,(H,22,23);1H. The van der Waals surface area contributed by atoms with Crippen molar-refractivity contribution in [3.63, 3.8) is 0 Å². The lowest BCUT2D eigenvalue weighted by Crippen LogP contribution is -2.48. The highest BCUT2D eigenvalue weighted by Gasteiger charge is 2.40. The predicted octanol–water partition coefficient (Wildman–Crippen LogP) is 3.99. The van der Waals surface area contributed by atoms with Gasteiger partial charge in [-0.15, -0.1) is 12.4 Å². The van der Waals surface area contributed by atoms with Crippen LogP contribution >= 0.6 is 12.4 Å². The minimum absolute atomic E-state index is 0. The Morgan fingerprint density at radius 2 is 1.80 bits per heavy atom. The minimum atomic E-state index is 0. The third kappa shape index (κ3) is 4.29. The number of fused-ring (bicyclic) bond motifs is 2. The molecule has 3 fully saturated rings. The van der Waals surface area contributed by atoms with Gasteiger partial charge in [0.1, 0.15) is 5.75 Å². The van der Waals surface area contributed by atoms with Gasteiger partial charge in [-0.1, -0.05) is 18.6 Å². The number of nitrogens with two attached hydrogens (primary N) is 1. The van der Waals surface area contributed by atoms with Crippen molar-refractivity contribution in [1.82, 2.24) is 0 Å². The number of hydrogen-bond acceptors (Lipinski definition) is 3. The summed E-state index contributed by atoms with van der Waals surface area (Å²) in [7, 11) is 0. The van der Waals surface area contributed by atoms with Crippen molar-refractivity contribution in [2.45, 2.75) is 51.0 Å². The zero-order valence-electron chi connectivity index (χ0n) is 14.7. The van der Waals surface area contributed by atoms with Gasteiger partial charge in [0.05, 0.1) is 12.3 Å². The molecule has 4 rings (SSSR count).